The molecule has 1 unspecified atom stereocenters. The van der Waals surface area contributed by atoms with Gasteiger partial charge in [-0.2, -0.15) is 4.39 Å². The Morgan fingerprint density at radius 2 is 2.17 bits per heavy atom. The summed E-state index contributed by atoms with van der Waals surface area (Å²) in [4.78, 5) is 3.48. The number of pyridine rings is 1. The van der Waals surface area contributed by atoms with Gasteiger partial charge in [-0.3, -0.25) is 0 Å². The standard InChI is InChI=1S/C12H19FN2O2S/c1-12(2,3)18(17)15-7-6-10(16)9-4-5-11(13)14-8-9/h4-5,8,10,15-16H,6-7H2,1-3H3/t10-,18?/m0/s1. The van der Waals surface area contributed by atoms with Crippen LogP contribution in [0.1, 0.15) is 38.9 Å². The average Bonchev–Trinajstić information content (AvgIpc) is 2.28. The summed E-state index contributed by atoms with van der Waals surface area (Å²) in [5, 5.41) is 9.83. The van der Waals surface area contributed by atoms with Crippen LogP contribution in [0, 0.1) is 5.95 Å². The summed E-state index contributed by atoms with van der Waals surface area (Å²) >= 11 is -1.15. The first kappa shape index (κ1) is 15.4. The van der Waals surface area contributed by atoms with E-state index in [1.165, 1.54) is 18.3 Å². The van der Waals surface area contributed by atoms with E-state index in [0.29, 0.717) is 18.5 Å². The highest BCUT2D eigenvalue weighted by Gasteiger charge is 2.26. The van der Waals surface area contributed by atoms with E-state index in [9.17, 15) is 14.0 Å². The highest BCUT2D eigenvalue weighted by atomic mass is 32.2. The highest BCUT2D eigenvalue weighted by Crippen LogP contribution is 2.17. The van der Waals surface area contributed by atoms with Gasteiger partial charge in [-0.15, -0.1) is 4.72 Å². The number of aliphatic hydroxyl groups excluding tert-OH is 1. The van der Waals surface area contributed by atoms with Crippen LogP contribution in [-0.2, 0) is 11.4 Å². The van der Waals surface area contributed by atoms with Crippen molar-refractivity contribution < 1.29 is 14.0 Å². The van der Waals surface area contributed by atoms with E-state index in [4.69, 9.17) is 0 Å². The number of hydrogen-bond donors (Lipinski definition) is 2. The van der Waals surface area contributed by atoms with Gasteiger partial charge in [-0.05, 0) is 38.8 Å². The van der Waals surface area contributed by atoms with Gasteiger partial charge in [0.2, 0.25) is 5.95 Å². The van der Waals surface area contributed by atoms with Gasteiger partial charge >= 0.3 is 0 Å². The van der Waals surface area contributed by atoms with E-state index < -0.39 is 23.4 Å². The topological polar surface area (TPSA) is 68.2 Å². The molecule has 0 bridgehead atoms. The molecular weight excluding hydrogens is 255 g/mol. The number of hydrogen-bond acceptors (Lipinski definition) is 4. The first-order valence-electron chi connectivity index (χ1n) is 5.75. The number of halogens is 1. The minimum absolute atomic E-state index is 0.331. The Bertz CT molecular complexity index is 367. The van der Waals surface area contributed by atoms with E-state index >= 15 is 0 Å². The molecule has 0 radical (unpaired) electrons. The van der Waals surface area contributed by atoms with E-state index in [-0.39, 0.29) is 4.75 Å². The molecule has 0 amide bonds. The van der Waals surface area contributed by atoms with Crippen molar-refractivity contribution in [3.05, 3.63) is 29.8 Å². The Balaban J connectivity index is 2.38. The molecule has 0 spiro atoms. The lowest BCUT2D eigenvalue weighted by Gasteiger charge is -2.24. The van der Waals surface area contributed by atoms with Gasteiger partial charge in [-0.1, -0.05) is 6.07 Å². The zero-order valence-corrected chi connectivity index (χ0v) is 11.6. The lowest BCUT2D eigenvalue weighted by atomic mass is 10.1. The maximum Gasteiger partial charge on any atom is 0.212 e. The summed E-state index contributed by atoms with van der Waals surface area (Å²) in [6.07, 6.45) is 0.970. The minimum atomic E-state index is -1.15. The summed E-state index contributed by atoms with van der Waals surface area (Å²) in [6, 6.07) is 2.70. The van der Waals surface area contributed by atoms with Gasteiger partial charge in [0, 0.05) is 24.1 Å². The number of aromatic nitrogens is 1. The molecule has 0 saturated heterocycles. The summed E-state index contributed by atoms with van der Waals surface area (Å²) in [5.41, 5.74) is 0.555. The first-order valence-corrected chi connectivity index (χ1v) is 6.90. The van der Waals surface area contributed by atoms with Crippen molar-refractivity contribution in [2.24, 2.45) is 0 Å². The van der Waals surface area contributed by atoms with Crippen molar-refractivity contribution in [3.63, 3.8) is 0 Å². The molecule has 0 fully saturated rings. The fraction of sp³-hybridized carbons (Fsp3) is 0.583. The highest BCUT2D eigenvalue weighted by molar-refractivity contribution is 7.90. The second kappa shape index (κ2) is 6.47. The fourth-order valence-electron chi connectivity index (χ4n) is 1.26. The van der Waals surface area contributed by atoms with Crippen LogP contribution in [0.5, 0.6) is 0 Å². The fourth-order valence-corrected chi connectivity index (χ4v) is 1.99. The van der Waals surface area contributed by atoms with Crippen LogP contribution in [-0.4, -0.2) is 25.9 Å². The monoisotopic (exact) mass is 274 g/mol. The number of rotatable bonds is 5. The van der Waals surface area contributed by atoms with Gasteiger partial charge in [0.1, 0.15) is 4.75 Å². The molecule has 1 heterocycles. The SMILES string of the molecule is CC(C)(C)[S+]([O-])NCC[C@H](O)c1ccc(F)nc1. The molecule has 0 aliphatic rings. The lowest BCUT2D eigenvalue weighted by molar-refractivity contribution is 0.168. The predicted molar refractivity (Wildman–Crippen MR) is 69.7 cm³/mol. The quantitative estimate of drug-likeness (QED) is 0.633. The van der Waals surface area contributed by atoms with E-state index in [1.54, 1.807) is 0 Å². The van der Waals surface area contributed by atoms with E-state index in [1.807, 2.05) is 20.8 Å². The number of nitrogens with one attached hydrogen (secondary N) is 1. The van der Waals surface area contributed by atoms with Gasteiger partial charge in [0.05, 0.1) is 6.10 Å². The molecule has 0 aromatic carbocycles. The predicted octanol–water partition coefficient (Wildman–Crippen LogP) is 1.70. The minimum Gasteiger partial charge on any atom is -0.598 e. The van der Waals surface area contributed by atoms with Crippen molar-refractivity contribution in [1.82, 2.24) is 9.71 Å². The zero-order valence-electron chi connectivity index (χ0n) is 10.8. The zero-order chi connectivity index (χ0) is 13.8. The van der Waals surface area contributed by atoms with Crippen LogP contribution >= 0.6 is 0 Å². The Labute approximate surface area is 110 Å². The largest absolute Gasteiger partial charge is 0.598 e. The molecule has 1 aromatic rings. The van der Waals surface area contributed by atoms with Crippen LogP contribution in [0.25, 0.3) is 0 Å². The summed E-state index contributed by atoms with van der Waals surface area (Å²) in [7, 11) is 0. The normalized spacial score (nSPS) is 15.4. The molecule has 1 rings (SSSR count). The van der Waals surface area contributed by atoms with Gasteiger partial charge in [-0.25, -0.2) is 4.98 Å². The van der Waals surface area contributed by atoms with Crippen molar-refractivity contribution in [3.8, 4) is 0 Å². The molecule has 1 aromatic heterocycles. The van der Waals surface area contributed by atoms with E-state index in [2.05, 4.69) is 9.71 Å². The lowest BCUT2D eigenvalue weighted by Crippen LogP contribution is -2.40. The maximum absolute atomic E-state index is 12.6. The Morgan fingerprint density at radius 3 is 2.67 bits per heavy atom. The molecular formula is C12H19FN2O2S. The van der Waals surface area contributed by atoms with Crippen LogP contribution in [0.3, 0.4) is 0 Å². The smallest absolute Gasteiger partial charge is 0.212 e. The molecule has 2 atom stereocenters. The molecule has 18 heavy (non-hydrogen) atoms. The van der Waals surface area contributed by atoms with Crippen molar-refractivity contribution in [1.29, 1.82) is 0 Å². The van der Waals surface area contributed by atoms with Crippen LogP contribution in [0.4, 0.5) is 4.39 Å². The number of aliphatic hydroxyl groups is 1. The molecule has 102 valence electrons. The van der Waals surface area contributed by atoms with Crippen molar-refractivity contribution in [2.75, 3.05) is 6.54 Å². The van der Waals surface area contributed by atoms with Gasteiger partial charge in [0.25, 0.3) is 0 Å². The summed E-state index contributed by atoms with van der Waals surface area (Å²) in [6.45, 7) is 6.03. The van der Waals surface area contributed by atoms with Gasteiger partial charge in [0.15, 0.2) is 0 Å². The van der Waals surface area contributed by atoms with Crippen LogP contribution < -0.4 is 4.72 Å². The van der Waals surface area contributed by atoms with Gasteiger partial charge < -0.3 is 9.66 Å². The second-order valence-electron chi connectivity index (χ2n) is 4.99. The summed E-state index contributed by atoms with van der Waals surface area (Å²) < 4.78 is 26.8. The first-order chi connectivity index (χ1) is 8.30. The molecule has 0 aliphatic carbocycles. The molecule has 2 N–H and O–H groups in total. The van der Waals surface area contributed by atoms with Crippen molar-refractivity contribution >= 4 is 11.4 Å². The Hall–Kier alpha value is -0.690. The molecule has 0 saturated carbocycles. The molecule has 4 nitrogen and oxygen atoms in total. The third kappa shape index (κ3) is 4.89. The average molecular weight is 274 g/mol. The second-order valence-corrected chi connectivity index (χ2v) is 7.05. The third-order valence-corrected chi connectivity index (χ3v) is 3.92. The number of nitrogens with zero attached hydrogens (tertiary/aromatic N) is 1. The van der Waals surface area contributed by atoms with Crippen molar-refractivity contribution in [2.45, 2.75) is 38.0 Å². The maximum atomic E-state index is 12.6. The summed E-state index contributed by atoms with van der Waals surface area (Å²) in [5.74, 6) is -0.571. The molecule has 6 heteroatoms. The Morgan fingerprint density at radius 1 is 1.50 bits per heavy atom. The van der Waals surface area contributed by atoms with Crippen LogP contribution in [0.15, 0.2) is 18.3 Å². The third-order valence-electron chi connectivity index (χ3n) is 2.34. The van der Waals surface area contributed by atoms with Crippen LogP contribution in [0.2, 0.25) is 0 Å². The van der Waals surface area contributed by atoms with E-state index in [0.717, 1.165) is 0 Å². The molecule has 0 aliphatic heterocycles. The Kier molecular flexibility index (Phi) is 5.52.